The van der Waals surface area contributed by atoms with Crippen LogP contribution in [-0.4, -0.2) is 0 Å². The van der Waals surface area contributed by atoms with Crippen LogP contribution in [0.3, 0.4) is 0 Å². The Morgan fingerprint density at radius 1 is 0.431 bits per heavy atom. The fourth-order valence-corrected chi connectivity index (χ4v) is 10.5. The van der Waals surface area contributed by atoms with Gasteiger partial charge in [0.1, 0.15) is 0 Å². The number of benzene rings is 9. The lowest BCUT2D eigenvalue weighted by atomic mass is 9.73. The zero-order valence-electron chi connectivity index (χ0n) is 32.4. The summed E-state index contributed by atoms with van der Waals surface area (Å²) >= 11 is 1.89. The van der Waals surface area contributed by atoms with Gasteiger partial charge in [0.2, 0.25) is 0 Å². The number of hydrogen-bond donors (Lipinski definition) is 0. The molecular formula is C55H40N2S. The molecule has 0 bridgehead atoms. The Morgan fingerprint density at radius 2 is 1.03 bits per heavy atom. The van der Waals surface area contributed by atoms with Crippen molar-refractivity contribution in [3.05, 3.63) is 217 Å². The van der Waals surface area contributed by atoms with E-state index >= 15 is 0 Å². The number of anilines is 6. The summed E-state index contributed by atoms with van der Waals surface area (Å²) in [5.74, 6) is 0. The number of para-hydroxylation sites is 3. The fraction of sp³-hybridized carbons (Fsp3) is 0.0545. The molecule has 2 nitrogen and oxygen atoms in total. The van der Waals surface area contributed by atoms with Gasteiger partial charge in [0.05, 0.1) is 17.1 Å². The molecule has 0 atom stereocenters. The first-order valence-corrected chi connectivity index (χ1v) is 20.8. The van der Waals surface area contributed by atoms with Crippen LogP contribution in [0.15, 0.2) is 206 Å². The fourth-order valence-electron chi connectivity index (χ4n) is 9.22. The van der Waals surface area contributed by atoms with Crippen molar-refractivity contribution in [2.75, 3.05) is 9.80 Å². The lowest BCUT2D eigenvalue weighted by Crippen LogP contribution is -2.31. The highest BCUT2D eigenvalue weighted by Gasteiger charge is 2.38. The Morgan fingerprint density at radius 3 is 1.81 bits per heavy atom. The minimum absolute atomic E-state index is 0.213. The normalized spacial score (nSPS) is 13.1. The van der Waals surface area contributed by atoms with Crippen LogP contribution in [0.1, 0.15) is 25.0 Å². The van der Waals surface area contributed by atoms with Crippen LogP contribution < -0.4 is 9.80 Å². The third-order valence-corrected chi connectivity index (χ3v) is 13.3. The SMILES string of the molecule is CC1(C)c2ccccc2N(c2c(-c3ccc(N(c4ccccc4)c4ccccc4)cc3)ccc3ccccc23)c2cc(-c3cccc4c3sc3ccccc34)ccc21. The first-order valence-electron chi connectivity index (χ1n) is 20.0. The third kappa shape index (κ3) is 5.46. The van der Waals surface area contributed by atoms with Gasteiger partial charge < -0.3 is 9.80 Å². The van der Waals surface area contributed by atoms with Crippen molar-refractivity contribution in [2.45, 2.75) is 19.3 Å². The van der Waals surface area contributed by atoms with E-state index in [1.165, 1.54) is 81.4 Å². The van der Waals surface area contributed by atoms with Gasteiger partial charge >= 0.3 is 0 Å². The molecule has 3 heteroatoms. The van der Waals surface area contributed by atoms with E-state index < -0.39 is 0 Å². The molecule has 0 aliphatic carbocycles. The summed E-state index contributed by atoms with van der Waals surface area (Å²) in [6, 6.07) is 75.6. The monoisotopic (exact) mass is 760 g/mol. The van der Waals surface area contributed by atoms with Gasteiger partial charge in [0, 0.05) is 53.6 Å². The van der Waals surface area contributed by atoms with Crippen LogP contribution in [0.5, 0.6) is 0 Å². The molecule has 276 valence electrons. The van der Waals surface area contributed by atoms with Gasteiger partial charge in [-0.1, -0.05) is 166 Å². The minimum Gasteiger partial charge on any atom is -0.311 e. The Balaban J connectivity index is 1.13. The smallest absolute Gasteiger partial charge is 0.0618 e. The molecule has 0 spiro atoms. The zero-order valence-corrected chi connectivity index (χ0v) is 33.2. The van der Waals surface area contributed by atoms with E-state index in [9.17, 15) is 0 Å². The summed E-state index contributed by atoms with van der Waals surface area (Å²) < 4.78 is 2.65. The molecule has 1 aliphatic rings. The van der Waals surface area contributed by atoms with E-state index in [1.54, 1.807) is 0 Å². The number of thiophene rings is 1. The van der Waals surface area contributed by atoms with E-state index in [2.05, 4.69) is 230 Å². The molecule has 0 radical (unpaired) electrons. The number of fused-ring (bicyclic) bond motifs is 6. The quantitative estimate of drug-likeness (QED) is 0.167. The van der Waals surface area contributed by atoms with Gasteiger partial charge in [-0.3, -0.25) is 0 Å². The van der Waals surface area contributed by atoms with Crippen molar-refractivity contribution in [1.29, 1.82) is 0 Å². The molecule has 11 rings (SSSR count). The molecule has 1 aliphatic heterocycles. The van der Waals surface area contributed by atoms with Crippen LogP contribution in [0.25, 0.3) is 53.2 Å². The Kier molecular flexibility index (Phi) is 8.06. The van der Waals surface area contributed by atoms with Crippen LogP contribution in [0.2, 0.25) is 0 Å². The highest BCUT2D eigenvalue weighted by atomic mass is 32.1. The summed E-state index contributed by atoms with van der Waals surface area (Å²) in [4.78, 5) is 4.89. The van der Waals surface area contributed by atoms with Gasteiger partial charge in [-0.05, 0) is 87.8 Å². The van der Waals surface area contributed by atoms with Crippen molar-refractivity contribution in [3.8, 4) is 22.3 Å². The third-order valence-electron chi connectivity index (χ3n) is 12.0. The molecule has 0 unspecified atom stereocenters. The number of rotatable bonds is 6. The highest BCUT2D eigenvalue weighted by Crippen LogP contribution is 2.56. The van der Waals surface area contributed by atoms with Gasteiger partial charge in [-0.25, -0.2) is 0 Å². The Labute approximate surface area is 343 Å². The topological polar surface area (TPSA) is 6.48 Å². The van der Waals surface area contributed by atoms with Crippen molar-refractivity contribution in [2.24, 2.45) is 0 Å². The molecule has 10 aromatic rings. The molecule has 0 saturated carbocycles. The molecule has 2 heterocycles. The zero-order chi connectivity index (χ0) is 38.8. The summed E-state index contributed by atoms with van der Waals surface area (Å²) in [6.45, 7) is 4.75. The summed E-state index contributed by atoms with van der Waals surface area (Å²) in [6.07, 6.45) is 0. The van der Waals surface area contributed by atoms with E-state index in [4.69, 9.17) is 0 Å². The second-order valence-electron chi connectivity index (χ2n) is 15.7. The van der Waals surface area contributed by atoms with E-state index in [0.717, 1.165) is 17.1 Å². The van der Waals surface area contributed by atoms with Gasteiger partial charge in [0.15, 0.2) is 0 Å². The molecule has 0 saturated heterocycles. The molecular weight excluding hydrogens is 721 g/mol. The summed E-state index contributed by atoms with van der Waals surface area (Å²) in [7, 11) is 0. The minimum atomic E-state index is -0.213. The van der Waals surface area contributed by atoms with Crippen molar-refractivity contribution >= 4 is 76.4 Å². The maximum Gasteiger partial charge on any atom is 0.0618 e. The van der Waals surface area contributed by atoms with E-state index in [0.29, 0.717) is 0 Å². The molecule has 0 amide bonds. The maximum atomic E-state index is 2.57. The molecule has 0 fully saturated rings. The Hall–Kier alpha value is -6.94. The number of hydrogen-bond acceptors (Lipinski definition) is 3. The first kappa shape index (κ1) is 34.3. The van der Waals surface area contributed by atoms with Crippen molar-refractivity contribution in [1.82, 2.24) is 0 Å². The van der Waals surface area contributed by atoms with Crippen molar-refractivity contribution in [3.63, 3.8) is 0 Å². The predicted octanol–water partition coefficient (Wildman–Crippen LogP) is 16.1. The van der Waals surface area contributed by atoms with E-state index in [-0.39, 0.29) is 5.41 Å². The second-order valence-corrected chi connectivity index (χ2v) is 16.8. The maximum absolute atomic E-state index is 2.57. The summed E-state index contributed by atoms with van der Waals surface area (Å²) in [5, 5.41) is 5.07. The predicted molar refractivity (Wildman–Crippen MR) is 249 cm³/mol. The van der Waals surface area contributed by atoms with Gasteiger partial charge in [-0.2, -0.15) is 0 Å². The van der Waals surface area contributed by atoms with Gasteiger partial charge in [0.25, 0.3) is 0 Å². The standard InChI is InChI=1S/C55H40N2S/c1-55(2)48-25-12-13-26-50(48)57(51-36-39(31-35-49(51)55)45-23-15-24-47-46-22-11-14-27-52(46)58-54(45)47)53-43-21-10-9-16-37(43)30-34-44(53)38-28-32-42(33-29-38)56(40-17-5-3-6-18-40)41-19-7-4-8-20-41/h3-36H,1-2H3. The number of nitrogens with zero attached hydrogens (tertiary/aromatic N) is 2. The molecule has 0 N–H and O–H groups in total. The van der Waals surface area contributed by atoms with Crippen molar-refractivity contribution < 1.29 is 0 Å². The lowest BCUT2D eigenvalue weighted by molar-refractivity contribution is 0.632. The second kappa shape index (κ2) is 13.6. The van der Waals surface area contributed by atoms with Crippen LogP contribution >= 0.6 is 11.3 Å². The molecule has 58 heavy (non-hydrogen) atoms. The largest absolute Gasteiger partial charge is 0.311 e. The molecule has 1 aromatic heterocycles. The summed E-state index contributed by atoms with van der Waals surface area (Å²) in [5.41, 5.74) is 14.2. The van der Waals surface area contributed by atoms with E-state index in [1.807, 2.05) is 11.3 Å². The highest BCUT2D eigenvalue weighted by molar-refractivity contribution is 7.26. The molecule has 9 aromatic carbocycles. The van der Waals surface area contributed by atoms with Crippen LogP contribution in [-0.2, 0) is 5.41 Å². The Bertz CT molecular complexity index is 3100. The first-order chi connectivity index (χ1) is 28.5. The lowest BCUT2D eigenvalue weighted by Gasteiger charge is -2.43. The van der Waals surface area contributed by atoms with Crippen LogP contribution in [0, 0.1) is 0 Å². The van der Waals surface area contributed by atoms with Crippen LogP contribution in [0.4, 0.5) is 34.1 Å². The average molecular weight is 761 g/mol. The average Bonchev–Trinajstić information content (AvgIpc) is 3.67. The van der Waals surface area contributed by atoms with Gasteiger partial charge in [-0.15, -0.1) is 11.3 Å².